The van der Waals surface area contributed by atoms with Crippen LogP contribution in [0.2, 0.25) is 0 Å². The lowest BCUT2D eigenvalue weighted by atomic mass is 9.97. The first kappa shape index (κ1) is 21.0. The van der Waals surface area contributed by atoms with Gasteiger partial charge in [0.05, 0.1) is 12.2 Å². The van der Waals surface area contributed by atoms with Gasteiger partial charge >= 0.3 is 11.9 Å². The highest BCUT2D eigenvalue weighted by molar-refractivity contribution is 5.99. The first-order valence-electron chi connectivity index (χ1n) is 9.58. The normalized spacial score (nSPS) is 20.9. The van der Waals surface area contributed by atoms with E-state index in [2.05, 4.69) is 4.98 Å². The number of amides is 1. The van der Waals surface area contributed by atoms with Crippen LogP contribution in [0.3, 0.4) is 0 Å². The summed E-state index contributed by atoms with van der Waals surface area (Å²) in [5, 5.41) is 0. The quantitative estimate of drug-likeness (QED) is 0.795. The van der Waals surface area contributed by atoms with Gasteiger partial charge in [-0.25, -0.2) is 9.59 Å². The predicted octanol–water partition coefficient (Wildman–Crippen LogP) is 3.14. The molecule has 1 aromatic heterocycles. The molecule has 2 rings (SSSR count). The molecule has 1 aromatic rings. The molecule has 0 aromatic carbocycles. The smallest absolute Gasteiger partial charge is 0.355 e. The van der Waals surface area contributed by atoms with Crippen LogP contribution in [0.4, 0.5) is 0 Å². The van der Waals surface area contributed by atoms with Gasteiger partial charge in [0.25, 0.3) is 5.91 Å². The van der Waals surface area contributed by atoms with E-state index in [1.54, 1.807) is 27.7 Å². The molecule has 0 radical (unpaired) electrons. The molecule has 0 bridgehead atoms. The van der Waals surface area contributed by atoms with Crippen molar-refractivity contribution in [2.45, 2.75) is 79.0 Å². The maximum Gasteiger partial charge on any atom is 0.355 e. The van der Waals surface area contributed by atoms with Crippen LogP contribution >= 0.6 is 0 Å². The molecular weight excluding hydrogens is 348 g/mol. The molecule has 2 heterocycles. The summed E-state index contributed by atoms with van der Waals surface area (Å²) in [6.07, 6.45) is 2.12. The average molecular weight is 378 g/mol. The second-order valence-corrected chi connectivity index (χ2v) is 7.27. The van der Waals surface area contributed by atoms with Crippen molar-refractivity contribution >= 4 is 17.8 Å². The molecule has 3 atom stereocenters. The SMILES string of the molecule is CCOC(=O)c1[nH]c(C)c(C(=O)O[C@H](C)C(=O)N2[C@@H](C)CCC[C@@H]2C)c1C. The van der Waals surface area contributed by atoms with E-state index < -0.39 is 18.0 Å². The number of carbonyl (C=O) groups excluding carboxylic acids is 3. The van der Waals surface area contributed by atoms with Crippen LogP contribution < -0.4 is 0 Å². The lowest BCUT2D eigenvalue weighted by Gasteiger charge is -2.40. The minimum absolute atomic E-state index is 0.133. The zero-order valence-electron chi connectivity index (χ0n) is 17.0. The average Bonchev–Trinajstić information content (AvgIpc) is 2.89. The summed E-state index contributed by atoms with van der Waals surface area (Å²) in [5.41, 5.74) is 1.49. The highest BCUT2D eigenvalue weighted by Gasteiger charge is 2.34. The van der Waals surface area contributed by atoms with Crippen LogP contribution in [0, 0.1) is 13.8 Å². The summed E-state index contributed by atoms with van der Waals surface area (Å²) in [4.78, 5) is 42.2. The Bertz CT molecular complexity index is 714. The summed E-state index contributed by atoms with van der Waals surface area (Å²) < 4.78 is 10.5. The fourth-order valence-corrected chi connectivity index (χ4v) is 3.80. The molecule has 1 aliphatic heterocycles. The Labute approximate surface area is 160 Å². The van der Waals surface area contributed by atoms with Gasteiger partial charge in [0, 0.05) is 17.8 Å². The summed E-state index contributed by atoms with van der Waals surface area (Å²) in [6.45, 7) is 10.9. The second-order valence-electron chi connectivity index (χ2n) is 7.27. The van der Waals surface area contributed by atoms with Gasteiger partial charge in [0.15, 0.2) is 6.10 Å². The van der Waals surface area contributed by atoms with E-state index in [4.69, 9.17) is 9.47 Å². The maximum absolute atomic E-state index is 12.8. The number of rotatable bonds is 5. The molecule has 27 heavy (non-hydrogen) atoms. The highest BCUT2D eigenvalue weighted by atomic mass is 16.5. The lowest BCUT2D eigenvalue weighted by molar-refractivity contribution is -0.146. The number of piperidine rings is 1. The number of H-pyrrole nitrogens is 1. The van der Waals surface area contributed by atoms with Crippen molar-refractivity contribution in [2.75, 3.05) is 6.61 Å². The van der Waals surface area contributed by atoms with Crippen molar-refractivity contribution in [2.24, 2.45) is 0 Å². The number of nitrogens with one attached hydrogen (secondary N) is 1. The fourth-order valence-electron chi connectivity index (χ4n) is 3.80. The molecule has 1 fully saturated rings. The third kappa shape index (κ3) is 4.34. The van der Waals surface area contributed by atoms with Crippen molar-refractivity contribution in [1.82, 2.24) is 9.88 Å². The van der Waals surface area contributed by atoms with Crippen molar-refractivity contribution in [3.8, 4) is 0 Å². The molecule has 7 nitrogen and oxygen atoms in total. The molecule has 0 spiro atoms. The van der Waals surface area contributed by atoms with Gasteiger partial charge in [0.2, 0.25) is 0 Å². The number of aryl methyl sites for hydroxylation is 1. The number of ether oxygens (including phenoxy) is 2. The summed E-state index contributed by atoms with van der Waals surface area (Å²) in [6, 6.07) is 0.266. The number of hydrogen-bond acceptors (Lipinski definition) is 5. The van der Waals surface area contributed by atoms with Gasteiger partial charge in [-0.1, -0.05) is 0 Å². The van der Waals surface area contributed by atoms with Crippen LogP contribution in [0.15, 0.2) is 0 Å². The van der Waals surface area contributed by atoms with Gasteiger partial charge < -0.3 is 19.4 Å². The number of esters is 2. The Morgan fingerprint density at radius 2 is 1.74 bits per heavy atom. The number of carbonyl (C=O) groups is 3. The number of aromatic amines is 1. The van der Waals surface area contributed by atoms with E-state index in [-0.39, 0.29) is 35.9 Å². The van der Waals surface area contributed by atoms with E-state index in [1.807, 2.05) is 18.7 Å². The first-order valence-corrected chi connectivity index (χ1v) is 9.58. The van der Waals surface area contributed by atoms with Crippen LogP contribution in [0.5, 0.6) is 0 Å². The predicted molar refractivity (Wildman–Crippen MR) is 101 cm³/mol. The zero-order chi connectivity index (χ0) is 20.3. The lowest BCUT2D eigenvalue weighted by Crippen LogP contribution is -2.51. The summed E-state index contributed by atoms with van der Waals surface area (Å²) in [5.74, 6) is -1.31. The third-order valence-electron chi connectivity index (χ3n) is 5.20. The monoisotopic (exact) mass is 378 g/mol. The standard InChI is InChI=1S/C20H30N2O5/c1-7-26-20(25)17-13(4)16(14(5)21-17)19(24)27-15(6)18(23)22-11(2)9-8-10-12(22)3/h11-12,15,21H,7-10H2,1-6H3/t11-,12-,15+/m0/s1. The minimum Gasteiger partial charge on any atom is -0.461 e. The first-order chi connectivity index (χ1) is 12.7. The number of nitrogens with zero attached hydrogens (tertiary/aromatic N) is 1. The Hall–Kier alpha value is -2.31. The van der Waals surface area contributed by atoms with E-state index in [1.165, 1.54) is 0 Å². The fraction of sp³-hybridized carbons (Fsp3) is 0.650. The second kappa shape index (κ2) is 8.59. The summed E-state index contributed by atoms with van der Waals surface area (Å²) >= 11 is 0. The Balaban J connectivity index is 2.15. The van der Waals surface area contributed by atoms with Crippen LogP contribution in [-0.4, -0.2) is 52.5 Å². The van der Waals surface area contributed by atoms with Gasteiger partial charge in [0.1, 0.15) is 5.69 Å². The molecule has 0 aliphatic carbocycles. The molecule has 1 amide bonds. The molecule has 0 saturated carbocycles. The van der Waals surface area contributed by atoms with Gasteiger partial charge in [-0.2, -0.15) is 0 Å². The van der Waals surface area contributed by atoms with Gasteiger partial charge in [-0.3, -0.25) is 4.79 Å². The molecule has 1 N–H and O–H groups in total. The Morgan fingerprint density at radius 3 is 2.30 bits per heavy atom. The number of aromatic nitrogens is 1. The van der Waals surface area contributed by atoms with E-state index >= 15 is 0 Å². The Morgan fingerprint density at radius 1 is 1.15 bits per heavy atom. The number of likely N-dealkylation sites (tertiary alicyclic amines) is 1. The maximum atomic E-state index is 12.8. The van der Waals surface area contributed by atoms with Crippen LogP contribution in [0.25, 0.3) is 0 Å². The Kier molecular flexibility index (Phi) is 6.68. The van der Waals surface area contributed by atoms with E-state index in [9.17, 15) is 14.4 Å². The van der Waals surface area contributed by atoms with Crippen LogP contribution in [-0.2, 0) is 14.3 Å². The highest BCUT2D eigenvalue weighted by Crippen LogP contribution is 2.25. The van der Waals surface area contributed by atoms with Crippen molar-refractivity contribution in [3.63, 3.8) is 0 Å². The zero-order valence-corrected chi connectivity index (χ0v) is 17.0. The van der Waals surface area contributed by atoms with Gasteiger partial charge in [-0.05, 0) is 66.4 Å². The molecule has 7 heteroatoms. The molecule has 0 unspecified atom stereocenters. The molecular formula is C20H30N2O5. The molecule has 150 valence electrons. The van der Waals surface area contributed by atoms with Crippen molar-refractivity contribution in [3.05, 3.63) is 22.5 Å². The minimum atomic E-state index is -0.889. The van der Waals surface area contributed by atoms with Crippen molar-refractivity contribution < 1.29 is 23.9 Å². The van der Waals surface area contributed by atoms with Crippen molar-refractivity contribution in [1.29, 1.82) is 0 Å². The van der Waals surface area contributed by atoms with E-state index in [0.29, 0.717) is 11.3 Å². The largest absolute Gasteiger partial charge is 0.461 e. The topological polar surface area (TPSA) is 88.7 Å². The summed E-state index contributed by atoms with van der Waals surface area (Å²) in [7, 11) is 0. The van der Waals surface area contributed by atoms with Gasteiger partial charge in [-0.15, -0.1) is 0 Å². The van der Waals surface area contributed by atoms with E-state index in [0.717, 1.165) is 19.3 Å². The molecule has 1 aliphatic rings. The molecule has 1 saturated heterocycles. The van der Waals surface area contributed by atoms with Crippen LogP contribution in [0.1, 0.15) is 79.1 Å². The number of hydrogen-bond donors (Lipinski definition) is 1. The third-order valence-corrected chi connectivity index (χ3v) is 5.20.